The molecule has 1 aromatic heterocycles. The number of nitrogens with one attached hydrogen (secondary N) is 18. The molecule has 0 aliphatic carbocycles. The van der Waals surface area contributed by atoms with Gasteiger partial charge in [0, 0.05) is 49.5 Å². The summed E-state index contributed by atoms with van der Waals surface area (Å²) in [6.07, 6.45) is 1.32. The predicted octanol–water partition coefficient (Wildman–Crippen LogP) is -3.74. The SMILES string of the molecule is CC[C@H](C)[C@H](NC(=O)[C@H](Cc1ccccc1)NC(=O)[C@H](CCC(=O)O)NC(=O)[C@H](CCCCN)NC(=O)[C@H](C)NC(=O)[C@H](C)N)C(=O)N[C@@H](C)C(=O)N[C@@H](Cc1c[nH]c2ccccc12)C(=O)N[C@@H](CC(C)C)C(=O)N[C@H](C(=O)N[C@@H](CCCNC(=N)N)C(=O)NCC(=O)N[C@@H](CCCNC(=N)N)C(=O)NCC(=O)O)C(C)C. The number of carboxylic acids is 2. The van der Waals surface area contributed by atoms with Gasteiger partial charge < -0.3 is 118 Å². The number of para-hydroxylation sites is 1. The number of hydrogen-bond acceptors (Lipinski definition) is 19. The molecule has 620 valence electrons. The van der Waals surface area contributed by atoms with E-state index in [0.717, 1.165) is 0 Å². The van der Waals surface area contributed by atoms with Crippen molar-refractivity contribution in [3.63, 3.8) is 0 Å². The van der Waals surface area contributed by atoms with E-state index in [9.17, 15) is 77.0 Å². The number of unbranched alkanes of at least 4 members (excludes halogenated alkanes) is 1. The summed E-state index contributed by atoms with van der Waals surface area (Å²) in [7, 11) is 0. The fourth-order valence-electron chi connectivity index (χ4n) is 11.4. The molecule has 39 nitrogen and oxygen atoms in total. The van der Waals surface area contributed by atoms with Gasteiger partial charge in [0.1, 0.15) is 73.0 Å². The highest BCUT2D eigenvalue weighted by Crippen LogP contribution is 2.21. The molecule has 3 aromatic rings. The van der Waals surface area contributed by atoms with Crippen molar-refractivity contribution in [1.29, 1.82) is 10.8 Å². The van der Waals surface area contributed by atoms with E-state index >= 15 is 0 Å². The summed E-state index contributed by atoms with van der Waals surface area (Å²) in [4.78, 5) is 209. The molecule has 39 heteroatoms. The lowest BCUT2D eigenvalue weighted by Crippen LogP contribution is -2.61. The monoisotopic (exact) mass is 1570 g/mol. The van der Waals surface area contributed by atoms with Gasteiger partial charge in [-0.25, -0.2) is 0 Å². The minimum Gasteiger partial charge on any atom is -0.481 e. The Labute approximate surface area is 650 Å². The van der Waals surface area contributed by atoms with Crippen LogP contribution in [0.2, 0.25) is 0 Å². The van der Waals surface area contributed by atoms with E-state index in [2.05, 4.69) is 84.7 Å². The van der Waals surface area contributed by atoms with Crippen LogP contribution in [0.15, 0.2) is 60.8 Å². The van der Waals surface area contributed by atoms with Crippen molar-refractivity contribution in [2.45, 2.75) is 218 Å². The third-order valence-corrected chi connectivity index (χ3v) is 17.9. The van der Waals surface area contributed by atoms with Gasteiger partial charge in [-0.05, 0) is 120 Å². The first kappa shape index (κ1) is 94.7. The number of nitrogens with two attached hydrogens (primary N) is 4. The first-order valence-electron chi connectivity index (χ1n) is 37.4. The molecule has 0 radical (unpaired) electrons. The molecule has 3 rings (SSSR count). The maximum Gasteiger partial charge on any atom is 0.322 e. The molecule has 0 aliphatic heterocycles. The zero-order chi connectivity index (χ0) is 83.9. The summed E-state index contributed by atoms with van der Waals surface area (Å²) < 4.78 is 0. The molecule has 13 atom stereocenters. The molecule has 0 saturated carbocycles. The first-order chi connectivity index (χ1) is 52.8. The van der Waals surface area contributed by atoms with E-state index in [1.54, 1.807) is 102 Å². The Morgan fingerprint density at radius 2 is 0.893 bits per heavy atom. The number of guanidine groups is 2. The predicted molar refractivity (Wildman–Crippen MR) is 414 cm³/mol. The average Bonchev–Trinajstić information content (AvgIpc) is 1.63. The van der Waals surface area contributed by atoms with Gasteiger partial charge in [-0.1, -0.05) is 96.5 Å². The Hall–Kier alpha value is -11.5. The van der Waals surface area contributed by atoms with Crippen LogP contribution in [0.1, 0.15) is 144 Å². The summed E-state index contributed by atoms with van der Waals surface area (Å²) >= 11 is 0. The minimum absolute atomic E-state index is 0.0116. The van der Waals surface area contributed by atoms with Crippen LogP contribution in [0.25, 0.3) is 10.9 Å². The smallest absolute Gasteiger partial charge is 0.322 e. The Morgan fingerprint density at radius 1 is 0.446 bits per heavy atom. The fourth-order valence-corrected chi connectivity index (χ4v) is 11.4. The number of rotatable bonds is 51. The fraction of sp³-hybridized carbons (Fsp3) is 0.575. The van der Waals surface area contributed by atoms with E-state index in [-0.39, 0.29) is 95.3 Å². The molecule has 0 saturated heterocycles. The van der Waals surface area contributed by atoms with Crippen molar-refractivity contribution in [1.82, 2.24) is 84.7 Å². The first-order valence-corrected chi connectivity index (χ1v) is 37.4. The van der Waals surface area contributed by atoms with E-state index in [0.29, 0.717) is 34.9 Å². The molecule has 13 amide bonds. The standard InChI is InChI=1S/C73H116N22O17/c1-10-40(6)59(95-69(110)53(33-44-20-12-11-13-21-44)93-66(107)51(27-28-56(97)98)89-65(106)50(24-16-17-29-74)88-61(102)42(8)85-60(101)41(7)75)71(112)86-43(9)62(103)91-54(34-45-35-82-47-23-15-14-22-46(45)47)67(108)92-52(32-38(2)3)68(109)94-58(39(4)5)70(111)90-49(26-19-31-81-73(78)79)64(105)83-36-55(96)87-48(25-18-30-80-72(76)77)63(104)84-37-57(99)100/h11-15,20-23,35,38-43,48-54,58-59,82H,10,16-19,24-34,36-37,74-75H2,1-9H3,(H,83,105)(H,84,104)(H,85,101)(H,86,112)(H,87,96)(H,88,102)(H,89,106)(H,90,111)(H,91,103)(H,92,108)(H,93,107)(H,94,109)(H,95,110)(H,97,98)(H,99,100)(H4,76,77,80)(H4,78,79,81)/t40-,41-,42-,43-,48-,49-,50-,51-,52-,53-,54-,58-,59-/m0/s1. The minimum atomic E-state index is -1.62. The summed E-state index contributed by atoms with van der Waals surface area (Å²) in [5.74, 6) is -16.2. The summed E-state index contributed by atoms with van der Waals surface area (Å²) in [6, 6.07) is -0.844. The number of benzene rings is 2. The van der Waals surface area contributed by atoms with Gasteiger partial charge in [0.15, 0.2) is 11.9 Å². The molecular formula is C73H116N22O17. The second kappa shape index (κ2) is 48.9. The molecule has 28 N–H and O–H groups in total. The highest BCUT2D eigenvalue weighted by atomic mass is 16.4. The number of carbonyl (C=O) groups is 15. The molecular weight excluding hydrogens is 1460 g/mol. The quantitative estimate of drug-likeness (QED) is 0.0147. The van der Waals surface area contributed by atoms with E-state index < -0.39 is 199 Å². The number of aromatic nitrogens is 1. The molecule has 2 aromatic carbocycles. The number of amides is 13. The van der Waals surface area contributed by atoms with Crippen LogP contribution in [0.3, 0.4) is 0 Å². The lowest BCUT2D eigenvalue weighted by Gasteiger charge is -2.30. The van der Waals surface area contributed by atoms with Crippen LogP contribution in [0.4, 0.5) is 0 Å². The van der Waals surface area contributed by atoms with Crippen molar-refractivity contribution in [3.05, 3.63) is 71.9 Å². The van der Waals surface area contributed by atoms with Crippen LogP contribution in [0, 0.1) is 28.6 Å². The van der Waals surface area contributed by atoms with E-state index in [1.807, 2.05) is 0 Å². The molecule has 0 fully saturated rings. The zero-order valence-corrected chi connectivity index (χ0v) is 65.0. The molecule has 0 aliphatic rings. The van der Waals surface area contributed by atoms with Gasteiger partial charge >= 0.3 is 11.9 Å². The summed E-state index contributed by atoms with van der Waals surface area (Å²) in [5.41, 5.74) is 24.0. The van der Waals surface area contributed by atoms with Gasteiger partial charge in [0.05, 0.1) is 12.6 Å². The highest BCUT2D eigenvalue weighted by Gasteiger charge is 2.38. The second-order valence-electron chi connectivity index (χ2n) is 28.2. The molecule has 1 heterocycles. The van der Waals surface area contributed by atoms with E-state index in [1.165, 1.54) is 20.8 Å². The van der Waals surface area contributed by atoms with Gasteiger partial charge in [-0.15, -0.1) is 0 Å². The Balaban J connectivity index is 1.96. The van der Waals surface area contributed by atoms with Crippen molar-refractivity contribution >= 4 is 112 Å². The number of carbonyl (C=O) groups excluding carboxylic acids is 13. The molecule has 112 heavy (non-hydrogen) atoms. The third-order valence-electron chi connectivity index (χ3n) is 17.9. The largest absolute Gasteiger partial charge is 0.481 e. The van der Waals surface area contributed by atoms with Crippen LogP contribution in [-0.2, 0) is 84.8 Å². The number of fused-ring (bicyclic) bond motifs is 1. The number of aliphatic carboxylic acids is 2. The molecule has 0 unspecified atom stereocenters. The van der Waals surface area contributed by atoms with Crippen LogP contribution in [0.5, 0.6) is 0 Å². The Bertz CT molecular complexity index is 3710. The Morgan fingerprint density at radius 3 is 1.44 bits per heavy atom. The van der Waals surface area contributed by atoms with Crippen molar-refractivity contribution in [2.24, 2.45) is 40.7 Å². The second-order valence-corrected chi connectivity index (χ2v) is 28.2. The maximum absolute atomic E-state index is 14.9. The van der Waals surface area contributed by atoms with E-state index in [4.69, 9.17) is 38.9 Å². The average molecular weight is 1570 g/mol. The van der Waals surface area contributed by atoms with Gasteiger partial charge in [0.2, 0.25) is 76.8 Å². The lowest BCUT2D eigenvalue weighted by atomic mass is 9.96. The topological polar surface area (TPSA) is 645 Å². The molecule has 0 spiro atoms. The number of H-pyrrole nitrogens is 1. The summed E-state index contributed by atoms with van der Waals surface area (Å²) in [6.45, 7) is 13.2. The number of aromatic amines is 1. The number of hydrogen-bond donors (Lipinski definition) is 24. The highest BCUT2D eigenvalue weighted by molar-refractivity contribution is 6.00. The summed E-state index contributed by atoms with van der Waals surface area (Å²) in [5, 5.41) is 73.1. The van der Waals surface area contributed by atoms with Crippen molar-refractivity contribution < 1.29 is 82.1 Å². The third kappa shape index (κ3) is 34.6. The zero-order valence-electron chi connectivity index (χ0n) is 65.0. The normalized spacial score (nSPS) is 14.6. The van der Waals surface area contributed by atoms with Gasteiger partial charge in [0.25, 0.3) is 0 Å². The van der Waals surface area contributed by atoms with Gasteiger partial charge in [-0.2, -0.15) is 0 Å². The van der Waals surface area contributed by atoms with Crippen molar-refractivity contribution in [2.75, 3.05) is 32.7 Å². The maximum atomic E-state index is 14.9. The van der Waals surface area contributed by atoms with Crippen LogP contribution in [-0.4, -0.2) is 221 Å². The van der Waals surface area contributed by atoms with Crippen molar-refractivity contribution in [3.8, 4) is 0 Å². The van der Waals surface area contributed by atoms with Gasteiger partial charge in [-0.3, -0.25) is 82.7 Å². The molecule has 0 bridgehead atoms. The Kier molecular flexibility index (Phi) is 41.3. The lowest BCUT2D eigenvalue weighted by molar-refractivity contribution is -0.139. The van der Waals surface area contributed by atoms with Crippen LogP contribution < -0.4 is 103 Å². The van der Waals surface area contributed by atoms with Crippen LogP contribution >= 0.6 is 0 Å². The number of carboxylic acid groups (broad SMARTS) is 2.